The van der Waals surface area contributed by atoms with Crippen LogP contribution in [0.3, 0.4) is 0 Å². The van der Waals surface area contributed by atoms with Gasteiger partial charge in [-0.25, -0.2) is 0 Å². The number of likely N-dealkylation sites (tertiary alicyclic amines) is 1. The summed E-state index contributed by atoms with van der Waals surface area (Å²) in [6.07, 6.45) is -2.60. The zero-order chi connectivity index (χ0) is 13.9. The molecular formula is C11H14ClF3N4. The van der Waals surface area contributed by atoms with Crippen LogP contribution in [0.25, 0.3) is 0 Å². The van der Waals surface area contributed by atoms with Gasteiger partial charge in [-0.3, -0.25) is 4.90 Å². The highest BCUT2D eigenvalue weighted by molar-refractivity contribution is 6.29. The molecule has 0 spiro atoms. The number of rotatable bonds is 3. The Kier molecular flexibility index (Phi) is 4.46. The van der Waals surface area contributed by atoms with Gasteiger partial charge in [-0.2, -0.15) is 13.2 Å². The van der Waals surface area contributed by atoms with Crippen LogP contribution in [0.4, 0.5) is 19.0 Å². The zero-order valence-electron chi connectivity index (χ0n) is 10.1. The van der Waals surface area contributed by atoms with Crippen molar-refractivity contribution < 1.29 is 13.2 Å². The van der Waals surface area contributed by atoms with Crippen molar-refractivity contribution in [1.82, 2.24) is 15.1 Å². The summed E-state index contributed by atoms with van der Waals surface area (Å²) in [6.45, 7) is -0.0364. The van der Waals surface area contributed by atoms with E-state index in [1.807, 2.05) is 0 Å². The summed E-state index contributed by atoms with van der Waals surface area (Å²) in [5.41, 5.74) is 0. The predicted octanol–water partition coefficient (Wildman–Crippen LogP) is 2.57. The molecule has 0 aliphatic carbocycles. The first-order chi connectivity index (χ1) is 8.92. The Bertz CT molecular complexity index is 409. The molecule has 2 rings (SSSR count). The molecule has 1 aromatic heterocycles. The molecular weight excluding hydrogens is 281 g/mol. The maximum atomic E-state index is 12.3. The van der Waals surface area contributed by atoms with Crippen LogP contribution < -0.4 is 5.32 Å². The lowest BCUT2D eigenvalue weighted by molar-refractivity contribution is -0.147. The average molecular weight is 295 g/mol. The molecule has 1 saturated heterocycles. The van der Waals surface area contributed by atoms with E-state index in [4.69, 9.17) is 11.6 Å². The lowest BCUT2D eigenvalue weighted by atomic mass is 10.1. The minimum atomic E-state index is -4.15. The molecule has 1 aliphatic rings. The van der Waals surface area contributed by atoms with E-state index in [-0.39, 0.29) is 11.2 Å². The molecule has 0 radical (unpaired) electrons. The second-order valence-electron chi connectivity index (χ2n) is 4.58. The Hall–Kier alpha value is -1.08. The standard InChI is InChI=1S/C11H14ClF3N4/c12-9-3-4-10(18-17-9)16-8-2-1-5-19(6-8)7-11(13,14)15/h3-4,8H,1-2,5-7H2,(H,16,18)/t8-/m1/s1. The number of hydrogen-bond donors (Lipinski definition) is 1. The largest absolute Gasteiger partial charge is 0.401 e. The summed E-state index contributed by atoms with van der Waals surface area (Å²) in [5.74, 6) is 0.531. The third-order valence-corrected chi connectivity index (χ3v) is 3.09. The number of halogens is 4. The molecule has 0 aromatic carbocycles. The van der Waals surface area contributed by atoms with Crippen LogP contribution in [-0.2, 0) is 0 Å². The fourth-order valence-corrected chi connectivity index (χ4v) is 2.27. The number of aromatic nitrogens is 2. The Morgan fingerprint density at radius 1 is 1.37 bits per heavy atom. The molecule has 1 aromatic rings. The summed E-state index contributed by atoms with van der Waals surface area (Å²) in [6, 6.07) is 3.21. The van der Waals surface area contributed by atoms with Crippen LogP contribution >= 0.6 is 11.6 Å². The fraction of sp³-hybridized carbons (Fsp3) is 0.636. The molecule has 2 heterocycles. The van der Waals surface area contributed by atoms with Gasteiger partial charge in [0.25, 0.3) is 0 Å². The number of hydrogen-bond acceptors (Lipinski definition) is 4. The third-order valence-electron chi connectivity index (χ3n) is 2.89. The average Bonchev–Trinajstić information content (AvgIpc) is 2.30. The monoisotopic (exact) mass is 294 g/mol. The molecule has 1 fully saturated rings. The SMILES string of the molecule is FC(F)(F)CN1CCC[C@@H](Nc2ccc(Cl)nn2)C1. The van der Waals surface area contributed by atoms with Gasteiger partial charge in [0, 0.05) is 12.6 Å². The van der Waals surface area contributed by atoms with E-state index in [0.29, 0.717) is 18.9 Å². The molecule has 0 amide bonds. The summed E-state index contributed by atoms with van der Waals surface area (Å²) in [5, 5.41) is 10.9. The van der Waals surface area contributed by atoms with Gasteiger partial charge in [-0.05, 0) is 31.5 Å². The summed E-state index contributed by atoms with van der Waals surface area (Å²) in [4.78, 5) is 1.41. The first kappa shape index (κ1) is 14.3. The normalized spacial score (nSPS) is 21.4. The molecule has 106 valence electrons. The highest BCUT2D eigenvalue weighted by atomic mass is 35.5. The minimum absolute atomic E-state index is 0.0495. The lowest BCUT2D eigenvalue weighted by Gasteiger charge is -2.33. The topological polar surface area (TPSA) is 41.0 Å². The van der Waals surface area contributed by atoms with E-state index in [1.165, 1.54) is 4.90 Å². The first-order valence-electron chi connectivity index (χ1n) is 5.97. The highest BCUT2D eigenvalue weighted by Gasteiger charge is 2.33. The fourth-order valence-electron chi connectivity index (χ4n) is 2.17. The summed E-state index contributed by atoms with van der Waals surface area (Å²) in [7, 11) is 0. The Balaban J connectivity index is 1.89. The number of alkyl halides is 3. The smallest absolute Gasteiger partial charge is 0.365 e. The number of piperidine rings is 1. The van der Waals surface area contributed by atoms with E-state index in [0.717, 1.165) is 12.8 Å². The van der Waals surface area contributed by atoms with Crippen molar-refractivity contribution in [3.63, 3.8) is 0 Å². The van der Waals surface area contributed by atoms with Crippen molar-refractivity contribution in [1.29, 1.82) is 0 Å². The number of nitrogens with one attached hydrogen (secondary N) is 1. The Morgan fingerprint density at radius 3 is 2.79 bits per heavy atom. The first-order valence-corrected chi connectivity index (χ1v) is 6.35. The van der Waals surface area contributed by atoms with Crippen LogP contribution in [0, 0.1) is 0 Å². The van der Waals surface area contributed by atoms with Gasteiger partial charge in [-0.1, -0.05) is 11.6 Å². The quantitative estimate of drug-likeness (QED) is 0.930. The summed E-state index contributed by atoms with van der Waals surface area (Å²) >= 11 is 5.62. The Labute approximate surface area is 113 Å². The number of nitrogens with zero attached hydrogens (tertiary/aromatic N) is 3. The van der Waals surface area contributed by atoms with Crippen molar-refractivity contribution in [2.45, 2.75) is 25.1 Å². The van der Waals surface area contributed by atoms with Gasteiger partial charge < -0.3 is 5.32 Å². The molecule has 4 nitrogen and oxygen atoms in total. The Morgan fingerprint density at radius 2 is 2.16 bits per heavy atom. The summed E-state index contributed by atoms with van der Waals surface area (Å²) < 4.78 is 37.0. The maximum Gasteiger partial charge on any atom is 0.401 e. The van der Waals surface area contributed by atoms with Crippen LogP contribution in [0.5, 0.6) is 0 Å². The van der Waals surface area contributed by atoms with Gasteiger partial charge in [0.2, 0.25) is 0 Å². The molecule has 0 bridgehead atoms. The van der Waals surface area contributed by atoms with Crippen LogP contribution in [0.15, 0.2) is 12.1 Å². The predicted molar refractivity (Wildman–Crippen MR) is 66.2 cm³/mol. The third kappa shape index (κ3) is 4.83. The van der Waals surface area contributed by atoms with Crippen molar-refractivity contribution in [3.8, 4) is 0 Å². The van der Waals surface area contributed by atoms with Crippen LogP contribution in [-0.4, -0.2) is 46.9 Å². The maximum absolute atomic E-state index is 12.3. The molecule has 8 heteroatoms. The molecule has 1 aliphatic heterocycles. The molecule has 19 heavy (non-hydrogen) atoms. The van der Waals surface area contributed by atoms with Crippen LogP contribution in [0.1, 0.15) is 12.8 Å². The van der Waals surface area contributed by atoms with E-state index >= 15 is 0 Å². The highest BCUT2D eigenvalue weighted by Crippen LogP contribution is 2.21. The van der Waals surface area contributed by atoms with Crippen molar-refractivity contribution >= 4 is 17.4 Å². The van der Waals surface area contributed by atoms with E-state index in [2.05, 4.69) is 15.5 Å². The molecule has 1 atom stereocenters. The van der Waals surface area contributed by atoms with Gasteiger partial charge in [0.1, 0.15) is 5.82 Å². The second-order valence-corrected chi connectivity index (χ2v) is 4.96. The van der Waals surface area contributed by atoms with Crippen LogP contribution in [0.2, 0.25) is 5.15 Å². The van der Waals surface area contributed by atoms with Crippen molar-refractivity contribution in [2.24, 2.45) is 0 Å². The van der Waals surface area contributed by atoms with Gasteiger partial charge in [-0.15, -0.1) is 10.2 Å². The van der Waals surface area contributed by atoms with Gasteiger partial charge >= 0.3 is 6.18 Å². The zero-order valence-corrected chi connectivity index (χ0v) is 10.9. The van der Waals surface area contributed by atoms with Crippen molar-refractivity contribution in [2.75, 3.05) is 25.0 Å². The number of anilines is 1. The van der Waals surface area contributed by atoms with E-state index in [1.54, 1.807) is 12.1 Å². The second kappa shape index (κ2) is 5.92. The molecule has 0 saturated carbocycles. The van der Waals surface area contributed by atoms with Gasteiger partial charge in [0.15, 0.2) is 5.15 Å². The van der Waals surface area contributed by atoms with E-state index in [9.17, 15) is 13.2 Å². The van der Waals surface area contributed by atoms with Gasteiger partial charge in [0.05, 0.1) is 6.54 Å². The van der Waals surface area contributed by atoms with Crippen molar-refractivity contribution in [3.05, 3.63) is 17.3 Å². The van der Waals surface area contributed by atoms with E-state index < -0.39 is 12.7 Å². The lowest BCUT2D eigenvalue weighted by Crippen LogP contribution is -2.45. The molecule has 1 N–H and O–H groups in total. The molecule has 0 unspecified atom stereocenters. The minimum Gasteiger partial charge on any atom is -0.365 e.